The fourth-order valence-electron chi connectivity index (χ4n) is 4.52. The van der Waals surface area contributed by atoms with E-state index in [1.807, 2.05) is 24.5 Å². The fraction of sp³-hybridized carbons (Fsp3) is 0.278. The van der Waals surface area contributed by atoms with Gasteiger partial charge in [0, 0.05) is 12.4 Å². The van der Waals surface area contributed by atoms with Gasteiger partial charge in [0.25, 0.3) is 0 Å². The molecule has 2 heterocycles. The molecule has 4 aromatic rings. The average molecular weight is 501 g/mol. The topological polar surface area (TPSA) is 25.8 Å². The van der Waals surface area contributed by atoms with E-state index in [9.17, 15) is 0 Å². The van der Waals surface area contributed by atoms with Gasteiger partial charge in [0.2, 0.25) is 0 Å². The van der Waals surface area contributed by atoms with Crippen LogP contribution in [0, 0.1) is 0 Å². The first-order valence-corrected chi connectivity index (χ1v) is 14.2. The number of pyridine rings is 2. The lowest BCUT2D eigenvalue weighted by molar-refractivity contribution is 0.717. The molecule has 0 unspecified atom stereocenters. The second-order valence-corrected chi connectivity index (χ2v) is 10.0. The fourth-order valence-corrected chi connectivity index (χ4v) is 4.52. The van der Waals surface area contributed by atoms with E-state index in [2.05, 4.69) is 109 Å². The lowest BCUT2D eigenvalue weighted by atomic mass is 10.0. The number of benzene rings is 2. The van der Waals surface area contributed by atoms with Gasteiger partial charge in [-0.05, 0) is 83.3 Å². The summed E-state index contributed by atoms with van der Waals surface area (Å²) in [6, 6.07) is 26.1. The monoisotopic (exact) mass is 500 g/mol. The maximum absolute atomic E-state index is 4.59. The SMILES string of the molecule is CCCCCc1ccc(C=Cc2ccnc(-c3cc(C=Cc4ccc(CCCCC)cc4)ccn3)c2)cc1. The zero-order valence-corrected chi connectivity index (χ0v) is 22.9. The van der Waals surface area contributed by atoms with E-state index >= 15 is 0 Å². The van der Waals surface area contributed by atoms with Gasteiger partial charge < -0.3 is 0 Å². The van der Waals surface area contributed by atoms with Crippen LogP contribution in [0.5, 0.6) is 0 Å². The normalized spacial score (nSPS) is 11.5. The summed E-state index contributed by atoms with van der Waals surface area (Å²) in [6.45, 7) is 4.50. The lowest BCUT2D eigenvalue weighted by Gasteiger charge is -2.04. The van der Waals surface area contributed by atoms with E-state index in [-0.39, 0.29) is 0 Å². The van der Waals surface area contributed by atoms with Crippen molar-refractivity contribution in [3.8, 4) is 11.4 Å². The van der Waals surface area contributed by atoms with Gasteiger partial charge in [-0.2, -0.15) is 0 Å². The number of nitrogens with zero attached hydrogens (tertiary/aromatic N) is 2. The molecule has 2 nitrogen and oxygen atoms in total. The molecule has 2 heteroatoms. The van der Waals surface area contributed by atoms with Crippen LogP contribution in [-0.2, 0) is 12.8 Å². The highest BCUT2D eigenvalue weighted by Gasteiger charge is 2.03. The number of hydrogen-bond donors (Lipinski definition) is 0. The molecule has 0 N–H and O–H groups in total. The summed E-state index contributed by atoms with van der Waals surface area (Å²) in [7, 11) is 0. The molecular weight excluding hydrogens is 460 g/mol. The number of hydrogen-bond acceptors (Lipinski definition) is 2. The second-order valence-electron chi connectivity index (χ2n) is 10.0. The molecule has 0 aliphatic carbocycles. The summed E-state index contributed by atoms with van der Waals surface area (Å²) >= 11 is 0. The summed E-state index contributed by atoms with van der Waals surface area (Å²) in [5.41, 5.74) is 9.24. The van der Waals surface area contributed by atoms with E-state index in [0.717, 1.165) is 35.4 Å². The van der Waals surface area contributed by atoms with Gasteiger partial charge in [-0.15, -0.1) is 0 Å². The van der Waals surface area contributed by atoms with Crippen LogP contribution in [0.1, 0.15) is 85.8 Å². The first kappa shape index (κ1) is 27.3. The zero-order valence-electron chi connectivity index (χ0n) is 22.9. The van der Waals surface area contributed by atoms with Crippen LogP contribution < -0.4 is 0 Å². The van der Waals surface area contributed by atoms with Gasteiger partial charge in [-0.25, -0.2) is 0 Å². The van der Waals surface area contributed by atoms with Gasteiger partial charge in [0.1, 0.15) is 0 Å². The molecule has 2 aromatic heterocycles. The molecule has 0 aliphatic heterocycles. The first-order valence-electron chi connectivity index (χ1n) is 14.2. The Hall–Kier alpha value is -3.78. The minimum absolute atomic E-state index is 0.880. The Morgan fingerprint density at radius 3 is 1.26 bits per heavy atom. The minimum atomic E-state index is 0.880. The van der Waals surface area contributed by atoms with Crippen LogP contribution in [0.2, 0.25) is 0 Å². The smallest absolute Gasteiger partial charge is 0.0892 e. The molecule has 0 amide bonds. The molecule has 38 heavy (non-hydrogen) atoms. The molecule has 0 atom stereocenters. The van der Waals surface area contributed by atoms with Crippen LogP contribution in [0.3, 0.4) is 0 Å². The predicted octanol–water partition coefficient (Wildman–Crippen LogP) is 9.95. The molecule has 0 radical (unpaired) electrons. The van der Waals surface area contributed by atoms with Crippen molar-refractivity contribution in [2.45, 2.75) is 65.2 Å². The third-order valence-corrected chi connectivity index (χ3v) is 6.86. The zero-order chi connectivity index (χ0) is 26.4. The maximum atomic E-state index is 4.59. The Morgan fingerprint density at radius 1 is 0.474 bits per heavy atom. The number of aryl methyl sites for hydroxylation is 2. The highest BCUT2D eigenvalue weighted by atomic mass is 14.8. The lowest BCUT2D eigenvalue weighted by Crippen LogP contribution is -1.89. The third-order valence-electron chi connectivity index (χ3n) is 6.86. The number of unbranched alkanes of at least 4 members (excludes halogenated alkanes) is 4. The van der Waals surface area contributed by atoms with E-state index in [1.165, 1.54) is 60.8 Å². The molecule has 0 spiro atoms. The van der Waals surface area contributed by atoms with Crippen molar-refractivity contribution >= 4 is 24.3 Å². The van der Waals surface area contributed by atoms with Crippen LogP contribution in [0.4, 0.5) is 0 Å². The summed E-state index contributed by atoms with van der Waals surface area (Å²) in [5.74, 6) is 0. The van der Waals surface area contributed by atoms with Gasteiger partial charge in [0.15, 0.2) is 0 Å². The Bertz CT molecular complexity index is 1210. The van der Waals surface area contributed by atoms with Crippen LogP contribution in [0.25, 0.3) is 35.7 Å². The van der Waals surface area contributed by atoms with Crippen molar-refractivity contribution in [2.75, 3.05) is 0 Å². The average Bonchev–Trinajstić information content (AvgIpc) is 2.97. The molecule has 0 aliphatic rings. The number of rotatable bonds is 13. The Labute approximate surface area is 229 Å². The van der Waals surface area contributed by atoms with E-state index in [4.69, 9.17) is 0 Å². The maximum Gasteiger partial charge on any atom is 0.0892 e. The quantitative estimate of drug-likeness (QED) is 0.171. The standard InChI is InChI=1S/C36H40N2/c1-3-5-7-9-29-11-15-31(16-12-29)19-21-33-23-25-37-35(27-33)36-28-34(24-26-38-36)22-20-32-17-13-30(14-18-32)10-8-6-4-2/h11-28H,3-10H2,1-2H3. The van der Waals surface area contributed by atoms with Gasteiger partial charge in [0.05, 0.1) is 11.4 Å². The van der Waals surface area contributed by atoms with Crippen LogP contribution >= 0.6 is 0 Å². The van der Waals surface area contributed by atoms with Crippen molar-refractivity contribution in [1.82, 2.24) is 9.97 Å². The largest absolute Gasteiger partial charge is 0.255 e. The second kappa shape index (κ2) is 14.8. The van der Waals surface area contributed by atoms with Crippen molar-refractivity contribution in [1.29, 1.82) is 0 Å². The van der Waals surface area contributed by atoms with Crippen molar-refractivity contribution in [2.24, 2.45) is 0 Å². The molecule has 0 fully saturated rings. The van der Waals surface area contributed by atoms with E-state index < -0.39 is 0 Å². The highest BCUT2D eigenvalue weighted by molar-refractivity contribution is 5.74. The van der Waals surface area contributed by atoms with Crippen molar-refractivity contribution in [3.63, 3.8) is 0 Å². The Balaban J connectivity index is 1.39. The molecule has 0 saturated heterocycles. The van der Waals surface area contributed by atoms with Crippen molar-refractivity contribution in [3.05, 3.63) is 119 Å². The first-order chi connectivity index (χ1) is 18.7. The highest BCUT2D eigenvalue weighted by Crippen LogP contribution is 2.20. The molecule has 2 aromatic carbocycles. The molecule has 0 bridgehead atoms. The molecule has 0 saturated carbocycles. The van der Waals surface area contributed by atoms with Crippen LogP contribution in [0.15, 0.2) is 85.2 Å². The van der Waals surface area contributed by atoms with Crippen LogP contribution in [-0.4, -0.2) is 9.97 Å². The van der Waals surface area contributed by atoms with E-state index in [1.54, 1.807) is 0 Å². The minimum Gasteiger partial charge on any atom is -0.255 e. The summed E-state index contributed by atoms with van der Waals surface area (Å²) in [4.78, 5) is 9.18. The van der Waals surface area contributed by atoms with Gasteiger partial charge in [-0.3, -0.25) is 9.97 Å². The summed E-state index contributed by atoms with van der Waals surface area (Å²) in [5, 5.41) is 0. The summed E-state index contributed by atoms with van der Waals surface area (Å²) in [6.07, 6.45) is 22.3. The molecule has 194 valence electrons. The number of aromatic nitrogens is 2. The Morgan fingerprint density at radius 2 is 0.868 bits per heavy atom. The van der Waals surface area contributed by atoms with Gasteiger partial charge in [-0.1, -0.05) is 112 Å². The van der Waals surface area contributed by atoms with Gasteiger partial charge >= 0.3 is 0 Å². The predicted molar refractivity (Wildman–Crippen MR) is 165 cm³/mol. The van der Waals surface area contributed by atoms with Crippen molar-refractivity contribution < 1.29 is 0 Å². The van der Waals surface area contributed by atoms with E-state index in [0.29, 0.717) is 0 Å². The molecule has 4 rings (SSSR count). The molecular formula is C36H40N2. The summed E-state index contributed by atoms with van der Waals surface area (Å²) < 4.78 is 0. The Kier molecular flexibility index (Phi) is 10.6. The third kappa shape index (κ3) is 8.66.